The van der Waals surface area contributed by atoms with Crippen molar-refractivity contribution in [1.82, 2.24) is 9.55 Å². The van der Waals surface area contributed by atoms with Gasteiger partial charge < -0.3 is 14.4 Å². The molecule has 5 heteroatoms. The van der Waals surface area contributed by atoms with Crippen LogP contribution in [-0.2, 0) is 16.9 Å². The lowest BCUT2D eigenvalue weighted by Crippen LogP contribution is -2.32. The number of carbonyl (C=O) groups is 1. The monoisotopic (exact) mass is 386 g/mol. The maximum Gasteiger partial charge on any atom is 0.337 e. The Labute approximate surface area is 169 Å². The maximum absolute atomic E-state index is 12.1. The van der Waals surface area contributed by atoms with Crippen LogP contribution >= 0.6 is 0 Å². The number of esters is 1. The van der Waals surface area contributed by atoms with Crippen LogP contribution in [0.1, 0.15) is 34.2 Å². The van der Waals surface area contributed by atoms with Crippen LogP contribution in [-0.4, -0.2) is 27.7 Å². The van der Waals surface area contributed by atoms with Crippen LogP contribution < -0.4 is 0 Å². The summed E-state index contributed by atoms with van der Waals surface area (Å²) in [6, 6.07) is 24.3. The smallest absolute Gasteiger partial charge is 0.337 e. The molecular formula is C24H22N2O3. The highest BCUT2D eigenvalue weighted by atomic mass is 16.5. The molecular weight excluding hydrogens is 364 g/mol. The lowest BCUT2D eigenvalue weighted by atomic mass is 9.85. The van der Waals surface area contributed by atoms with Gasteiger partial charge in [0.05, 0.1) is 23.7 Å². The van der Waals surface area contributed by atoms with Crippen LogP contribution in [0.15, 0.2) is 78.9 Å². The number of aromatic nitrogens is 2. The number of hydrogen-bond donors (Lipinski definition) is 1. The molecule has 0 spiro atoms. The van der Waals surface area contributed by atoms with Crippen molar-refractivity contribution >= 4 is 17.0 Å². The third-order valence-electron chi connectivity index (χ3n) is 5.19. The first-order chi connectivity index (χ1) is 14.1. The molecule has 0 aliphatic rings. The number of ether oxygens (including phenoxy) is 1. The van der Waals surface area contributed by atoms with Gasteiger partial charge in [0.15, 0.2) is 11.4 Å². The van der Waals surface area contributed by atoms with E-state index in [4.69, 9.17) is 9.72 Å². The third-order valence-corrected chi connectivity index (χ3v) is 5.19. The summed E-state index contributed by atoms with van der Waals surface area (Å²) in [4.78, 5) is 16.8. The number of nitrogens with zero attached hydrogens (tertiary/aromatic N) is 2. The van der Waals surface area contributed by atoms with Gasteiger partial charge in [-0.3, -0.25) is 0 Å². The number of fused-ring (bicyclic) bond motifs is 1. The standard InChI is InChI=1S/C24H22N2O3/c1-3-26-21-16-17(22(27)29-2)14-15-20(21)25-23(26)24(28,18-10-6-4-7-11-18)19-12-8-5-9-13-19/h4-16,28H,3H2,1-2H3. The van der Waals surface area contributed by atoms with Crippen molar-refractivity contribution < 1.29 is 14.6 Å². The molecule has 0 fully saturated rings. The fourth-order valence-corrected chi connectivity index (χ4v) is 3.75. The second-order valence-corrected chi connectivity index (χ2v) is 6.82. The number of aryl methyl sites for hydroxylation is 1. The molecule has 1 N–H and O–H groups in total. The van der Waals surface area contributed by atoms with Crippen LogP contribution in [0.2, 0.25) is 0 Å². The quantitative estimate of drug-likeness (QED) is 0.524. The summed E-state index contributed by atoms with van der Waals surface area (Å²) in [6.07, 6.45) is 0. The van der Waals surface area contributed by atoms with Crippen molar-refractivity contribution in [3.05, 3.63) is 101 Å². The van der Waals surface area contributed by atoms with Gasteiger partial charge >= 0.3 is 5.97 Å². The van der Waals surface area contributed by atoms with E-state index in [-0.39, 0.29) is 0 Å². The molecule has 1 aromatic heterocycles. The number of imidazole rings is 1. The molecule has 29 heavy (non-hydrogen) atoms. The Hall–Kier alpha value is -3.44. The van der Waals surface area contributed by atoms with Crippen molar-refractivity contribution in [2.45, 2.75) is 19.1 Å². The summed E-state index contributed by atoms with van der Waals surface area (Å²) in [5.74, 6) is 0.105. The van der Waals surface area contributed by atoms with Gasteiger partial charge in [-0.2, -0.15) is 0 Å². The van der Waals surface area contributed by atoms with E-state index in [1.165, 1.54) is 7.11 Å². The normalized spacial score (nSPS) is 11.6. The molecule has 4 rings (SSSR count). The molecule has 0 aliphatic carbocycles. The molecule has 0 atom stereocenters. The summed E-state index contributed by atoms with van der Waals surface area (Å²) in [5, 5.41) is 12.1. The Morgan fingerprint density at radius 2 is 1.59 bits per heavy atom. The van der Waals surface area contributed by atoms with Crippen molar-refractivity contribution in [2.24, 2.45) is 0 Å². The molecule has 0 bridgehead atoms. The summed E-state index contributed by atoms with van der Waals surface area (Å²) in [5.41, 5.74) is 1.94. The molecule has 0 saturated heterocycles. The van der Waals surface area contributed by atoms with E-state index in [2.05, 4.69) is 0 Å². The molecule has 0 unspecified atom stereocenters. The number of hydrogen-bond acceptors (Lipinski definition) is 4. The number of rotatable bonds is 5. The van der Waals surface area contributed by atoms with Crippen LogP contribution in [0.25, 0.3) is 11.0 Å². The molecule has 0 saturated carbocycles. The van der Waals surface area contributed by atoms with Gasteiger partial charge in [-0.25, -0.2) is 9.78 Å². The molecule has 1 heterocycles. The first-order valence-electron chi connectivity index (χ1n) is 9.52. The highest BCUT2D eigenvalue weighted by Crippen LogP contribution is 2.37. The Balaban J connectivity index is 2.02. The average molecular weight is 386 g/mol. The summed E-state index contributed by atoms with van der Waals surface area (Å²) in [6.45, 7) is 2.57. The highest BCUT2D eigenvalue weighted by molar-refractivity contribution is 5.93. The predicted molar refractivity (Wildman–Crippen MR) is 112 cm³/mol. The molecule has 4 aromatic rings. The minimum Gasteiger partial charge on any atom is -0.465 e. The van der Waals surface area contributed by atoms with E-state index in [0.717, 1.165) is 16.6 Å². The largest absolute Gasteiger partial charge is 0.465 e. The zero-order valence-electron chi connectivity index (χ0n) is 16.4. The predicted octanol–water partition coefficient (Wildman–Crippen LogP) is 4.13. The Morgan fingerprint density at radius 1 is 1.00 bits per heavy atom. The van der Waals surface area contributed by atoms with Gasteiger partial charge in [0.1, 0.15) is 0 Å². The highest BCUT2D eigenvalue weighted by Gasteiger charge is 2.38. The Bertz CT molecular complexity index is 1110. The maximum atomic E-state index is 12.1. The number of benzene rings is 3. The van der Waals surface area contributed by atoms with Crippen LogP contribution in [0, 0.1) is 0 Å². The van der Waals surface area contributed by atoms with Crippen molar-refractivity contribution in [3.8, 4) is 0 Å². The SMILES string of the molecule is CCn1c(C(O)(c2ccccc2)c2ccccc2)nc2ccc(C(=O)OC)cc21. The van der Waals surface area contributed by atoms with E-state index >= 15 is 0 Å². The van der Waals surface area contributed by atoms with Gasteiger partial charge in [0.25, 0.3) is 0 Å². The second-order valence-electron chi connectivity index (χ2n) is 6.82. The fraction of sp³-hybridized carbons (Fsp3) is 0.167. The Kier molecular flexibility index (Phi) is 4.91. The lowest BCUT2D eigenvalue weighted by Gasteiger charge is -2.29. The minimum absolute atomic E-state index is 0.404. The third kappa shape index (κ3) is 3.09. The van der Waals surface area contributed by atoms with Gasteiger partial charge in [0, 0.05) is 6.54 Å². The van der Waals surface area contributed by atoms with Crippen LogP contribution in [0.3, 0.4) is 0 Å². The zero-order chi connectivity index (χ0) is 20.4. The number of methoxy groups -OCH3 is 1. The van der Waals surface area contributed by atoms with Gasteiger partial charge in [-0.15, -0.1) is 0 Å². The average Bonchev–Trinajstić information content (AvgIpc) is 3.17. The summed E-state index contributed by atoms with van der Waals surface area (Å²) < 4.78 is 6.80. The lowest BCUT2D eigenvalue weighted by molar-refractivity contribution is 0.0601. The van der Waals surface area contributed by atoms with Crippen LogP contribution in [0.5, 0.6) is 0 Å². The summed E-state index contributed by atoms with van der Waals surface area (Å²) >= 11 is 0. The van der Waals surface area contributed by atoms with Gasteiger partial charge in [0.2, 0.25) is 0 Å². The minimum atomic E-state index is -1.44. The number of carbonyl (C=O) groups excluding carboxylic acids is 1. The van der Waals surface area contributed by atoms with Gasteiger partial charge in [-0.1, -0.05) is 60.7 Å². The van der Waals surface area contributed by atoms with E-state index in [1.807, 2.05) is 72.2 Å². The van der Waals surface area contributed by atoms with Gasteiger partial charge in [-0.05, 0) is 36.2 Å². The summed E-state index contributed by atoms with van der Waals surface area (Å²) in [7, 11) is 1.36. The van der Waals surface area contributed by atoms with Crippen molar-refractivity contribution in [3.63, 3.8) is 0 Å². The second kappa shape index (κ2) is 7.53. The molecule has 0 radical (unpaired) electrons. The van der Waals surface area contributed by atoms with Crippen molar-refractivity contribution in [1.29, 1.82) is 0 Å². The fourth-order valence-electron chi connectivity index (χ4n) is 3.75. The molecule has 146 valence electrons. The van der Waals surface area contributed by atoms with E-state index in [1.54, 1.807) is 18.2 Å². The zero-order valence-corrected chi connectivity index (χ0v) is 16.4. The number of aliphatic hydroxyl groups is 1. The van der Waals surface area contributed by atoms with E-state index in [0.29, 0.717) is 23.4 Å². The first-order valence-corrected chi connectivity index (χ1v) is 9.52. The van der Waals surface area contributed by atoms with E-state index in [9.17, 15) is 9.90 Å². The van der Waals surface area contributed by atoms with Crippen LogP contribution in [0.4, 0.5) is 0 Å². The molecule has 5 nitrogen and oxygen atoms in total. The first kappa shape index (κ1) is 18.9. The topological polar surface area (TPSA) is 64.3 Å². The molecule has 0 aliphatic heterocycles. The molecule has 0 amide bonds. The van der Waals surface area contributed by atoms with E-state index < -0.39 is 11.6 Å². The Morgan fingerprint density at radius 3 is 2.10 bits per heavy atom. The molecule has 3 aromatic carbocycles. The van der Waals surface area contributed by atoms with Crippen molar-refractivity contribution in [2.75, 3.05) is 7.11 Å².